The number of nitrogens with one attached hydrogen (secondary N) is 1. The fourth-order valence-corrected chi connectivity index (χ4v) is 4.14. The van der Waals surface area contributed by atoms with Gasteiger partial charge in [-0.05, 0) is 39.9 Å². The van der Waals surface area contributed by atoms with Gasteiger partial charge in [-0.1, -0.05) is 60.7 Å². The average Bonchev–Trinajstić information content (AvgIpc) is 3.16. The van der Waals surface area contributed by atoms with Crippen molar-refractivity contribution in [1.29, 1.82) is 0 Å². The maximum absolute atomic E-state index is 12.6. The summed E-state index contributed by atoms with van der Waals surface area (Å²) in [7, 11) is 1.24. The van der Waals surface area contributed by atoms with E-state index < -0.39 is 24.1 Å². The van der Waals surface area contributed by atoms with E-state index in [1.54, 1.807) is 12.1 Å². The topological polar surface area (TPSA) is 102 Å². The summed E-state index contributed by atoms with van der Waals surface area (Å²) in [6.07, 6.45) is -0.592. The van der Waals surface area contributed by atoms with E-state index in [1.807, 2.05) is 36.4 Å². The van der Waals surface area contributed by atoms with Crippen molar-refractivity contribution >= 4 is 18.0 Å². The van der Waals surface area contributed by atoms with E-state index in [-0.39, 0.29) is 24.5 Å². The van der Waals surface area contributed by atoms with E-state index in [2.05, 4.69) is 17.4 Å². The van der Waals surface area contributed by atoms with Crippen LogP contribution in [0.25, 0.3) is 11.1 Å². The standard InChI is InChI=1S/C26H23NO6/c1-32-25(30)23(14-16-10-12-17(13-11-16)24(28)29)27-26(31)33-15-22-20-8-4-2-6-18(20)19-7-3-5-9-21(19)22/h2-13,22-23H,14-15H2,1H3,(H,27,31)(H,28,29)/t23-/m0/s1. The van der Waals surface area contributed by atoms with Crippen molar-refractivity contribution in [3.8, 4) is 11.1 Å². The lowest BCUT2D eigenvalue weighted by Crippen LogP contribution is -2.43. The maximum atomic E-state index is 12.6. The highest BCUT2D eigenvalue weighted by atomic mass is 16.6. The molecule has 0 radical (unpaired) electrons. The second kappa shape index (κ2) is 9.56. The lowest BCUT2D eigenvalue weighted by molar-refractivity contribution is -0.143. The van der Waals surface area contributed by atoms with Crippen molar-refractivity contribution in [2.45, 2.75) is 18.4 Å². The summed E-state index contributed by atoms with van der Waals surface area (Å²) in [5.41, 5.74) is 5.25. The molecule has 0 heterocycles. The zero-order chi connectivity index (χ0) is 23.4. The van der Waals surface area contributed by atoms with Gasteiger partial charge in [0.25, 0.3) is 0 Å². The fraction of sp³-hybridized carbons (Fsp3) is 0.192. The number of methoxy groups -OCH3 is 1. The van der Waals surface area contributed by atoms with Crippen LogP contribution in [0.1, 0.15) is 33.0 Å². The predicted octanol–water partition coefficient (Wildman–Crippen LogP) is 4.01. The smallest absolute Gasteiger partial charge is 0.407 e. The molecule has 0 spiro atoms. The largest absolute Gasteiger partial charge is 0.478 e. The Morgan fingerprint density at radius 2 is 1.48 bits per heavy atom. The molecule has 2 N–H and O–H groups in total. The number of hydrogen-bond donors (Lipinski definition) is 2. The molecule has 0 saturated carbocycles. The minimum absolute atomic E-state index is 0.0942. The van der Waals surface area contributed by atoms with Gasteiger partial charge in [-0.15, -0.1) is 0 Å². The normalized spacial score (nSPS) is 12.9. The monoisotopic (exact) mass is 445 g/mol. The molecule has 0 bridgehead atoms. The van der Waals surface area contributed by atoms with Crippen LogP contribution in [0.2, 0.25) is 0 Å². The molecule has 1 amide bonds. The number of benzene rings is 3. The van der Waals surface area contributed by atoms with Gasteiger partial charge in [0, 0.05) is 12.3 Å². The Morgan fingerprint density at radius 1 is 0.909 bits per heavy atom. The average molecular weight is 445 g/mol. The molecule has 7 heteroatoms. The Balaban J connectivity index is 1.43. The van der Waals surface area contributed by atoms with E-state index in [0.29, 0.717) is 5.56 Å². The highest BCUT2D eigenvalue weighted by molar-refractivity contribution is 5.87. The number of ether oxygens (including phenoxy) is 2. The molecule has 1 aliphatic rings. The lowest BCUT2D eigenvalue weighted by atomic mass is 9.98. The molecule has 0 aromatic heterocycles. The molecule has 0 aliphatic heterocycles. The quantitative estimate of drug-likeness (QED) is 0.533. The lowest BCUT2D eigenvalue weighted by Gasteiger charge is -2.18. The number of carbonyl (C=O) groups is 3. The van der Waals surface area contributed by atoms with Crippen LogP contribution in [0.15, 0.2) is 72.8 Å². The maximum Gasteiger partial charge on any atom is 0.407 e. The van der Waals surface area contributed by atoms with Gasteiger partial charge in [0.2, 0.25) is 0 Å². The Hall–Kier alpha value is -4.13. The molecular weight excluding hydrogens is 422 g/mol. The van der Waals surface area contributed by atoms with Crippen LogP contribution in [0.3, 0.4) is 0 Å². The molecule has 1 aliphatic carbocycles. The number of fused-ring (bicyclic) bond motifs is 3. The Labute approximate surface area is 191 Å². The van der Waals surface area contributed by atoms with Crippen LogP contribution < -0.4 is 5.32 Å². The summed E-state index contributed by atoms with van der Waals surface area (Å²) in [5, 5.41) is 11.6. The number of rotatable bonds is 7. The van der Waals surface area contributed by atoms with E-state index in [0.717, 1.165) is 22.3 Å². The van der Waals surface area contributed by atoms with Crippen LogP contribution in [0, 0.1) is 0 Å². The Morgan fingerprint density at radius 3 is 2.03 bits per heavy atom. The second-order valence-corrected chi connectivity index (χ2v) is 7.75. The highest BCUT2D eigenvalue weighted by Gasteiger charge is 2.30. The molecule has 0 fully saturated rings. The van der Waals surface area contributed by atoms with Gasteiger partial charge in [-0.3, -0.25) is 0 Å². The summed E-state index contributed by atoms with van der Waals surface area (Å²) in [6.45, 7) is 0.126. The van der Waals surface area contributed by atoms with Crippen molar-refractivity contribution in [3.63, 3.8) is 0 Å². The minimum atomic E-state index is -1.04. The number of hydrogen-bond acceptors (Lipinski definition) is 5. The van der Waals surface area contributed by atoms with Crippen molar-refractivity contribution in [1.82, 2.24) is 5.32 Å². The predicted molar refractivity (Wildman–Crippen MR) is 121 cm³/mol. The number of alkyl carbamates (subject to hydrolysis) is 1. The Kier molecular flexibility index (Phi) is 6.40. The van der Waals surface area contributed by atoms with Crippen molar-refractivity contribution in [2.75, 3.05) is 13.7 Å². The number of esters is 1. The van der Waals surface area contributed by atoms with E-state index in [4.69, 9.17) is 14.6 Å². The van der Waals surface area contributed by atoms with E-state index in [9.17, 15) is 14.4 Å². The third-order valence-electron chi connectivity index (χ3n) is 5.76. The fourth-order valence-electron chi connectivity index (χ4n) is 4.14. The van der Waals surface area contributed by atoms with Gasteiger partial charge in [0.1, 0.15) is 12.6 Å². The Bertz CT molecular complexity index is 1140. The SMILES string of the molecule is COC(=O)[C@H](Cc1ccc(C(=O)O)cc1)NC(=O)OCC1c2ccccc2-c2ccccc21. The zero-order valence-corrected chi connectivity index (χ0v) is 18.0. The first-order chi connectivity index (χ1) is 16.0. The summed E-state index contributed by atoms with van der Waals surface area (Å²) in [6, 6.07) is 21.1. The van der Waals surface area contributed by atoms with Gasteiger partial charge < -0.3 is 19.9 Å². The summed E-state index contributed by atoms with van der Waals surface area (Å²) >= 11 is 0. The van der Waals surface area contributed by atoms with Gasteiger partial charge in [0.05, 0.1) is 12.7 Å². The van der Waals surface area contributed by atoms with Crippen LogP contribution in [0.5, 0.6) is 0 Å². The number of aromatic carboxylic acids is 1. The molecule has 4 rings (SSSR count). The minimum Gasteiger partial charge on any atom is -0.478 e. The summed E-state index contributed by atoms with van der Waals surface area (Å²) < 4.78 is 10.3. The first kappa shape index (κ1) is 22.1. The molecule has 0 unspecified atom stereocenters. The molecule has 1 atom stereocenters. The zero-order valence-electron chi connectivity index (χ0n) is 18.0. The molecule has 33 heavy (non-hydrogen) atoms. The van der Waals surface area contributed by atoms with Crippen molar-refractivity contribution < 1.29 is 29.0 Å². The summed E-state index contributed by atoms with van der Waals surface area (Å²) in [4.78, 5) is 35.8. The van der Waals surface area contributed by atoms with E-state index >= 15 is 0 Å². The van der Waals surface area contributed by atoms with Gasteiger partial charge in [-0.2, -0.15) is 0 Å². The number of carboxylic acids is 1. The van der Waals surface area contributed by atoms with Gasteiger partial charge in [0.15, 0.2) is 0 Å². The van der Waals surface area contributed by atoms with Crippen LogP contribution in [-0.4, -0.2) is 42.9 Å². The molecule has 168 valence electrons. The van der Waals surface area contributed by atoms with Gasteiger partial charge >= 0.3 is 18.0 Å². The molecule has 3 aromatic carbocycles. The first-order valence-corrected chi connectivity index (χ1v) is 10.5. The first-order valence-electron chi connectivity index (χ1n) is 10.5. The van der Waals surface area contributed by atoms with Crippen LogP contribution in [0.4, 0.5) is 4.79 Å². The van der Waals surface area contributed by atoms with Crippen LogP contribution in [-0.2, 0) is 20.7 Å². The highest BCUT2D eigenvalue weighted by Crippen LogP contribution is 2.44. The molecule has 3 aromatic rings. The van der Waals surface area contributed by atoms with Crippen LogP contribution >= 0.6 is 0 Å². The molecule has 7 nitrogen and oxygen atoms in total. The second-order valence-electron chi connectivity index (χ2n) is 7.75. The number of carboxylic acid groups (broad SMARTS) is 1. The molecular formula is C26H23NO6. The van der Waals surface area contributed by atoms with Crippen molar-refractivity contribution in [2.24, 2.45) is 0 Å². The summed E-state index contributed by atoms with van der Waals surface area (Å²) in [5.74, 6) is -1.75. The third kappa shape index (κ3) is 4.72. The molecule has 0 saturated heterocycles. The van der Waals surface area contributed by atoms with Crippen molar-refractivity contribution in [3.05, 3.63) is 95.1 Å². The number of carbonyl (C=O) groups excluding carboxylic acids is 2. The van der Waals surface area contributed by atoms with E-state index in [1.165, 1.54) is 19.2 Å². The third-order valence-corrected chi connectivity index (χ3v) is 5.76. The van der Waals surface area contributed by atoms with Gasteiger partial charge in [-0.25, -0.2) is 14.4 Å². The number of amides is 1.